The lowest BCUT2D eigenvalue weighted by Crippen LogP contribution is -2.12. The van der Waals surface area contributed by atoms with E-state index in [1.807, 2.05) is 0 Å². The number of rotatable bonds is 0. The van der Waals surface area contributed by atoms with Crippen molar-refractivity contribution in [3.63, 3.8) is 0 Å². The van der Waals surface area contributed by atoms with Gasteiger partial charge >= 0.3 is 0 Å². The van der Waals surface area contributed by atoms with Gasteiger partial charge in [-0.3, -0.25) is 0 Å². The van der Waals surface area contributed by atoms with Gasteiger partial charge in [-0.05, 0) is 30.1 Å². The minimum Gasteiger partial charge on any atom is -0.327 e. The van der Waals surface area contributed by atoms with Gasteiger partial charge in [-0.15, -0.1) is 0 Å². The van der Waals surface area contributed by atoms with E-state index in [1.54, 1.807) is 0 Å². The van der Waals surface area contributed by atoms with Crippen LogP contribution in [-0.2, 0) is 0 Å². The fourth-order valence-electron chi connectivity index (χ4n) is 2.53. The molecule has 3 aliphatic rings. The van der Waals surface area contributed by atoms with Crippen LogP contribution in [0.4, 0.5) is 0 Å². The van der Waals surface area contributed by atoms with Gasteiger partial charge < -0.3 is 5.73 Å². The van der Waals surface area contributed by atoms with Gasteiger partial charge in [0.1, 0.15) is 0 Å². The fraction of sp³-hybridized carbons (Fsp3) is 0.750. The predicted molar refractivity (Wildman–Crippen MR) is 35.8 cm³/mol. The van der Waals surface area contributed by atoms with E-state index in [9.17, 15) is 0 Å². The maximum absolute atomic E-state index is 5.81. The van der Waals surface area contributed by atoms with Crippen LogP contribution in [0.5, 0.6) is 0 Å². The molecule has 1 heteroatoms. The molecule has 2 saturated carbocycles. The topological polar surface area (TPSA) is 26.0 Å². The predicted octanol–water partition coefficient (Wildman–Crippen LogP) is 1.05. The molecule has 0 radical (unpaired) electrons. The molecule has 0 bridgehead atoms. The number of allylic oxidation sites excluding steroid dienone is 2. The van der Waals surface area contributed by atoms with Crippen molar-refractivity contribution >= 4 is 0 Å². The maximum atomic E-state index is 5.81. The Kier molecular flexibility index (Phi) is 0.446. The van der Waals surface area contributed by atoms with E-state index in [4.69, 9.17) is 5.73 Å². The average molecular weight is 121 g/mol. The monoisotopic (exact) mass is 121 g/mol. The second kappa shape index (κ2) is 0.891. The summed E-state index contributed by atoms with van der Waals surface area (Å²) in [6.07, 6.45) is 8.68. The van der Waals surface area contributed by atoms with E-state index < -0.39 is 0 Å². The molecule has 0 heterocycles. The molecule has 0 saturated heterocycles. The van der Waals surface area contributed by atoms with E-state index in [0.29, 0.717) is 16.9 Å². The summed E-state index contributed by atoms with van der Waals surface area (Å²) in [6, 6.07) is 0.558. The zero-order valence-corrected chi connectivity index (χ0v) is 5.43. The summed E-state index contributed by atoms with van der Waals surface area (Å²) in [4.78, 5) is 0. The average Bonchev–Trinajstić information content (AvgIpc) is 2.49. The summed E-state index contributed by atoms with van der Waals surface area (Å²) < 4.78 is 0. The van der Waals surface area contributed by atoms with Crippen LogP contribution in [0.25, 0.3) is 0 Å². The lowest BCUT2D eigenvalue weighted by atomic mass is 9.88. The van der Waals surface area contributed by atoms with Gasteiger partial charge in [0, 0.05) is 6.04 Å². The zero-order chi connectivity index (χ0) is 6.11. The van der Waals surface area contributed by atoms with Crippen LogP contribution in [-0.4, -0.2) is 6.04 Å². The highest BCUT2D eigenvalue weighted by Gasteiger charge is 2.78. The number of fused-ring (bicyclic) bond motifs is 1. The second-order valence-electron chi connectivity index (χ2n) is 3.91. The molecular weight excluding hydrogens is 110 g/mol. The highest BCUT2D eigenvalue weighted by Crippen LogP contribution is 2.82. The standard InChI is InChI=1S/C8H11N/c9-6-4-8(6)5-7(8)2-1-3-7/h1-2,6H,3-5,9H2. The number of hydrogen-bond donors (Lipinski definition) is 1. The first-order valence-corrected chi connectivity index (χ1v) is 3.72. The van der Waals surface area contributed by atoms with Crippen molar-refractivity contribution < 1.29 is 0 Å². The van der Waals surface area contributed by atoms with Gasteiger partial charge in [0.25, 0.3) is 0 Å². The molecule has 0 amide bonds. The lowest BCUT2D eigenvalue weighted by Gasteiger charge is -2.17. The summed E-state index contributed by atoms with van der Waals surface area (Å²) in [6.45, 7) is 0. The molecule has 1 nitrogen and oxygen atoms in total. The normalized spacial score (nSPS) is 66.6. The first-order valence-electron chi connectivity index (χ1n) is 3.72. The highest BCUT2D eigenvalue weighted by molar-refractivity contribution is 5.40. The van der Waals surface area contributed by atoms with Crippen molar-refractivity contribution in [2.45, 2.75) is 25.3 Å². The molecule has 3 unspecified atom stereocenters. The Hall–Kier alpha value is -0.300. The minimum absolute atomic E-state index is 0.558. The number of nitrogens with two attached hydrogens (primary N) is 1. The molecular formula is C8H11N. The van der Waals surface area contributed by atoms with E-state index in [-0.39, 0.29) is 0 Å². The third-order valence-electron chi connectivity index (χ3n) is 3.55. The van der Waals surface area contributed by atoms with E-state index in [2.05, 4.69) is 12.2 Å². The van der Waals surface area contributed by atoms with Crippen LogP contribution in [0.3, 0.4) is 0 Å². The molecule has 0 aromatic rings. The molecule has 0 aromatic carbocycles. The van der Waals surface area contributed by atoms with Crippen LogP contribution in [0.2, 0.25) is 0 Å². The quantitative estimate of drug-likeness (QED) is 0.476. The number of hydrogen-bond acceptors (Lipinski definition) is 1. The van der Waals surface area contributed by atoms with Crippen molar-refractivity contribution in [3.8, 4) is 0 Å². The van der Waals surface area contributed by atoms with E-state index in [1.165, 1.54) is 19.3 Å². The first kappa shape index (κ1) is 4.51. The first-order chi connectivity index (χ1) is 4.29. The van der Waals surface area contributed by atoms with Crippen LogP contribution in [0.1, 0.15) is 19.3 Å². The van der Waals surface area contributed by atoms with Crippen molar-refractivity contribution in [3.05, 3.63) is 12.2 Å². The summed E-state index contributed by atoms with van der Waals surface area (Å²) in [5.41, 5.74) is 7.10. The maximum Gasteiger partial charge on any atom is 0.0111 e. The van der Waals surface area contributed by atoms with Gasteiger partial charge in [-0.2, -0.15) is 0 Å². The summed E-state index contributed by atoms with van der Waals surface area (Å²) >= 11 is 0. The Balaban J connectivity index is 1.97. The van der Waals surface area contributed by atoms with Crippen LogP contribution < -0.4 is 5.73 Å². The van der Waals surface area contributed by atoms with Crippen LogP contribution in [0.15, 0.2) is 12.2 Å². The van der Waals surface area contributed by atoms with E-state index in [0.717, 1.165) is 0 Å². The summed E-state index contributed by atoms with van der Waals surface area (Å²) in [5.74, 6) is 0. The smallest absolute Gasteiger partial charge is 0.0111 e. The molecule has 2 spiro atoms. The van der Waals surface area contributed by atoms with E-state index >= 15 is 0 Å². The molecule has 3 atom stereocenters. The Labute approximate surface area is 54.9 Å². The Morgan fingerprint density at radius 2 is 2.22 bits per heavy atom. The molecule has 3 rings (SSSR count). The molecule has 2 fully saturated rings. The fourth-order valence-corrected chi connectivity index (χ4v) is 2.53. The molecule has 2 N–H and O–H groups in total. The Bertz CT molecular complexity index is 209. The van der Waals surface area contributed by atoms with Gasteiger partial charge in [0.2, 0.25) is 0 Å². The lowest BCUT2D eigenvalue weighted by molar-refractivity contribution is 0.511. The van der Waals surface area contributed by atoms with Crippen LogP contribution in [0, 0.1) is 10.8 Å². The Morgan fingerprint density at radius 1 is 1.56 bits per heavy atom. The summed E-state index contributed by atoms with van der Waals surface area (Å²) in [7, 11) is 0. The van der Waals surface area contributed by atoms with Crippen molar-refractivity contribution in [2.24, 2.45) is 16.6 Å². The molecule has 0 aliphatic heterocycles. The molecule has 0 aromatic heterocycles. The SMILES string of the molecule is NC1CC12CC21C=CC1. The van der Waals surface area contributed by atoms with Gasteiger partial charge in [-0.25, -0.2) is 0 Å². The van der Waals surface area contributed by atoms with Crippen LogP contribution >= 0.6 is 0 Å². The van der Waals surface area contributed by atoms with Gasteiger partial charge in [0.05, 0.1) is 0 Å². The Morgan fingerprint density at radius 3 is 2.33 bits per heavy atom. The summed E-state index contributed by atoms with van der Waals surface area (Å²) in [5, 5.41) is 0. The van der Waals surface area contributed by atoms with Crippen molar-refractivity contribution in [2.75, 3.05) is 0 Å². The minimum atomic E-state index is 0.558. The molecule has 9 heavy (non-hydrogen) atoms. The molecule has 3 aliphatic carbocycles. The highest BCUT2D eigenvalue weighted by atomic mass is 14.9. The molecule has 48 valence electrons. The second-order valence-corrected chi connectivity index (χ2v) is 3.91. The zero-order valence-electron chi connectivity index (χ0n) is 5.43. The third-order valence-corrected chi connectivity index (χ3v) is 3.55. The van der Waals surface area contributed by atoms with Crippen molar-refractivity contribution in [1.82, 2.24) is 0 Å². The largest absolute Gasteiger partial charge is 0.327 e. The third kappa shape index (κ3) is 0.284. The van der Waals surface area contributed by atoms with Crippen molar-refractivity contribution in [1.29, 1.82) is 0 Å². The van der Waals surface area contributed by atoms with Gasteiger partial charge in [-0.1, -0.05) is 12.2 Å². The van der Waals surface area contributed by atoms with Gasteiger partial charge in [0.15, 0.2) is 0 Å².